The molecule has 3 aromatic rings. The maximum atomic E-state index is 13.1. The highest BCUT2D eigenvalue weighted by Crippen LogP contribution is 2.36. The van der Waals surface area contributed by atoms with Crippen LogP contribution >= 0.6 is 11.3 Å². The third-order valence-electron chi connectivity index (χ3n) is 4.69. The minimum atomic E-state index is -3.86. The number of benzene rings is 1. The summed E-state index contributed by atoms with van der Waals surface area (Å²) in [6, 6.07) is 12.5. The van der Waals surface area contributed by atoms with Crippen LogP contribution in [0.3, 0.4) is 0 Å². The van der Waals surface area contributed by atoms with E-state index < -0.39 is 15.1 Å². The Morgan fingerprint density at radius 3 is 2.37 bits per heavy atom. The van der Waals surface area contributed by atoms with Gasteiger partial charge < -0.3 is 4.90 Å². The summed E-state index contributed by atoms with van der Waals surface area (Å²) in [5, 5.41) is 10.1. The lowest BCUT2D eigenvalue weighted by atomic mass is 10.1. The molecule has 0 amide bonds. The van der Waals surface area contributed by atoms with Gasteiger partial charge in [-0.1, -0.05) is 18.2 Å². The van der Waals surface area contributed by atoms with Crippen molar-refractivity contribution in [2.45, 2.75) is 28.7 Å². The van der Waals surface area contributed by atoms with Crippen LogP contribution < -0.4 is 4.90 Å². The average molecular weight is 399 g/mol. The Labute approximate surface area is 162 Å². The summed E-state index contributed by atoms with van der Waals surface area (Å²) in [5.41, 5.74) is 1.52. The number of nitrogens with zero attached hydrogens (tertiary/aromatic N) is 4. The summed E-state index contributed by atoms with van der Waals surface area (Å²) < 4.78 is 26.4. The van der Waals surface area contributed by atoms with Crippen molar-refractivity contribution in [1.82, 2.24) is 9.97 Å². The summed E-state index contributed by atoms with van der Waals surface area (Å²) in [7, 11) is -3.86. The highest BCUT2D eigenvalue weighted by Gasteiger charge is 2.35. The lowest BCUT2D eigenvalue weighted by molar-refractivity contribution is 0.569. The van der Waals surface area contributed by atoms with Gasteiger partial charge in [0.25, 0.3) is 0 Å². The van der Waals surface area contributed by atoms with Gasteiger partial charge in [0.05, 0.1) is 17.1 Å². The number of nitriles is 1. The molecule has 0 saturated carbocycles. The van der Waals surface area contributed by atoms with Crippen molar-refractivity contribution in [2.75, 3.05) is 18.0 Å². The summed E-state index contributed by atoms with van der Waals surface area (Å²) in [4.78, 5) is 11.4. The van der Waals surface area contributed by atoms with Crippen LogP contribution in [0.25, 0.3) is 11.0 Å². The molecule has 1 saturated heterocycles. The van der Waals surface area contributed by atoms with Crippen LogP contribution in [0, 0.1) is 11.3 Å². The summed E-state index contributed by atoms with van der Waals surface area (Å²) >= 11 is 1.11. The van der Waals surface area contributed by atoms with Crippen LogP contribution in [-0.2, 0) is 9.84 Å². The fourth-order valence-corrected chi connectivity index (χ4v) is 5.87. The molecular weight excluding hydrogens is 380 g/mol. The highest BCUT2D eigenvalue weighted by molar-refractivity contribution is 7.93. The number of thiophene rings is 1. The van der Waals surface area contributed by atoms with E-state index >= 15 is 0 Å². The zero-order valence-electron chi connectivity index (χ0n) is 14.6. The second-order valence-electron chi connectivity index (χ2n) is 6.46. The van der Waals surface area contributed by atoms with E-state index in [4.69, 9.17) is 4.98 Å². The summed E-state index contributed by atoms with van der Waals surface area (Å²) in [5.74, 6) is 0.514. The lowest BCUT2D eigenvalue weighted by Gasteiger charge is -2.29. The topological polar surface area (TPSA) is 86.9 Å². The van der Waals surface area contributed by atoms with Crippen LogP contribution in [0.2, 0.25) is 0 Å². The van der Waals surface area contributed by atoms with Crippen LogP contribution in [0.1, 0.15) is 30.2 Å². The standard InChI is InChI=1S/C19H18N4O2S2/c20-13-16(27(24,25)17-9-6-12-26-17)18-19(23-10-4-1-5-11-23)22-15-8-3-2-7-14(15)21-18/h2-3,6-9,12,16H,1,4-5,10-11H2/t16-/m0/s1. The van der Waals surface area contributed by atoms with Crippen molar-refractivity contribution in [1.29, 1.82) is 5.26 Å². The molecule has 0 aliphatic carbocycles. The molecule has 4 rings (SSSR count). The molecule has 0 bridgehead atoms. The minimum Gasteiger partial charge on any atom is -0.355 e. The Bertz CT molecular complexity index is 1100. The molecule has 8 heteroatoms. The molecule has 6 nitrogen and oxygen atoms in total. The predicted octanol–water partition coefficient (Wildman–Crippen LogP) is 3.72. The molecule has 1 atom stereocenters. The van der Waals surface area contributed by atoms with Gasteiger partial charge in [-0.2, -0.15) is 5.26 Å². The number of hydrogen-bond acceptors (Lipinski definition) is 7. The van der Waals surface area contributed by atoms with E-state index in [1.54, 1.807) is 17.5 Å². The van der Waals surface area contributed by atoms with Crippen molar-refractivity contribution in [3.05, 3.63) is 47.5 Å². The molecular formula is C19H18N4O2S2. The number of rotatable bonds is 4. The normalized spacial score (nSPS) is 16.2. The van der Waals surface area contributed by atoms with E-state index in [-0.39, 0.29) is 9.90 Å². The van der Waals surface area contributed by atoms with E-state index in [2.05, 4.69) is 9.88 Å². The van der Waals surface area contributed by atoms with Gasteiger partial charge in [0.1, 0.15) is 9.90 Å². The van der Waals surface area contributed by atoms with Crippen LogP contribution in [0.15, 0.2) is 46.0 Å². The molecule has 138 valence electrons. The largest absolute Gasteiger partial charge is 0.355 e. The van der Waals surface area contributed by atoms with Crippen LogP contribution in [0.4, 0.5) is 5.82 Å². The Hall–Kier alpha value is -2.50. The van der Waals surface area contributed by atoms with Gasteiger partial charge >= 0.3 is 0 Å². The first-order valence-corrected chi connectivity index (χ1v) is 11.2. The second kappa shape index (κ2) is 7.25. The zero-order chi connectivity index (χ0) is 18.9. The van der Waals surface area contributed by atoms with Gasteiger partial charge in [-0.25, -0.2) is 18.4 Å². The van der Waals surface area contributed by atoms with Gasteiger partial charge in [0, 0.05) is 13.1 Å². The van der Waals surface area contributed by atoms with Crippen molar-refractivity contribution < 1.29 is 8.42 Å². The van der Waals surface area contributed by atoms with E-state index in [1.165, 1.54) is 6.07 Å². The van der Waals surface area contributed by atoms with E-state index in [1.807, 2.05) is 24.3 Å². The summed E-state index contributed by atoms with van der Waals surface area (Å²) in [6.07, 6.45) is 3.17. The van der Waals surface area contributed by atoms with Gasteiger partial charge in [0.2, 0.25) is 9.84 Å². The molecule has 1 aliphatic heterocycles. The number of hydrogen-bond donors (Lipinski definition) is 0. The molecule has 3 heterocycles. The number of sulfone groups is 1. The molecule has 0 radical (unpaired) electrons. The maximum Gasteiger partial charge on any atom is 0.209 e. The van der Waals surface area contributed by atoms with E-state index in [0.717, 1.165) is 43.7 Å². The fourth-order valence-electron chi connectivity index (χ4n) is 3.34. The molecule has 0 spiro atoms. The number of para-hydroxylation sites is 2. The number of aromatic nitrogens is 2. The molecule has 1 fully saturated rings. The monoisotopic (exact) mass is 398 g/mol. The van der Waals surface area contributed by atoms with Crippen molar-refractivity contribution in [3.63, 3.8) is 0 Å². The third kappa shape index (κ3) is 3.29. The highest BCUT2D eigenvalue weighted by atomic mass is 32.2. The Morgan fingerprint density at radius 1 is 1.04 bits per heavy atom. The maximum absolute atomic E-state index is 13.1. The molecule has 0 N–H and O–H groups in total. The minimum absolute atomic E-state index is 0.175. The number of anilines is 1. The van der Waals surface area contributed by atoms with Crippen LogP contribution in [0.5, 0.6) is 0 Å². The Morgan fingerprint density at radius 2 is 1.74 bits per heavy atom. The lowest BCUT2D eigenvalue weighted by Crippen LogP contribution is -2.32. The van der Waals surface area contributed by atoms with Gasteiger partial charge in [-0.15, -0.1) is 11.3 Å². The van der Waals surface area contributed by atoms with Gasteiger partial charge in [0.15, 0.2) is 11.1 Å². The zero-order valence-corrected chi connectivity index (χ0v) is 16.2. The average Bonchev–Trinajstić information content (AvgIpc) is 3.24. The molecule has 27 heavy (non-hydrogen) atoms. The van der Waals surface area contributed by atoms with Crippen molar-refractivity contribution in [3.8, 4) is 6.07 Å². The molecule has 1 aromatic carbocycles. The number of piperidine rings is 1. The second-order valence-corrected chi connectivity index (χ2v) is 9.66. The first kappa shape index (κ1) is 17.9. The first-order valence-electron chi connectivity index (χ1n) is 8.80. The Balaban J connectivity index is 1.91. The van der Waals surface area contributed by atoms with E-state index in [9.17, 15) is 13.7 Å². The number of fused-ring (bicyclic) bond motifs is 1. The first-order chi connectivity index (χ1) is 13.1. The molecule has 1 aliphatic rings. The fraction of sp³-hybridized carbons (Fsp3) is 0.316. The smallest absolute Gasteiger partial charge is 0.209 e. The van der Waals surface area contributed by atoms with Crippen LogP contribution in [-0.4, -0.2) is 31.5 Å². The van der Waals surface area contributed by atoms with Gasteiger partial charge in [-0.3, -0.25) is 0 Å². The Kier molecular flexibility index (Phi) is 4.81. The SMILES string of the molecule is N#C[C@@H](c1nc2ccccc2nc1N1CCCCC1)S(=O)(=O)c1cccs1. The summed E-state index contributed by atoms with van der Waals surface area (Å²) in [6.45, 7) is 1.58. The van der Waals surface area contributed by atoms with E-state index in [0.29, 0.717) is 16.9 Å². The van der Waals surface area contributed by atoms with Crippen molar-refractivity contribution in [2.24, 2.45) is 0 Å². The molecule has 0 unspecified atom stereocenters. The van der Waals surface area contributed by atoms with Gasteiger partial charge in [-0.05, 0) is 42.8 Å². The van der Waals surface area contributed by atoms with Crippen molar-refractivity contribution >= 4 is 38.0 Å². The predicted molar refractivity (Wildman–Crippen MR) is 105 cm³/mol. The molecule has 2 aromatic heterocycles. The third-order valence-corrected chi connectivity index (χ3v) is 7.98. The quantitative estimate of drug-likeness (QED) is 0.666.